The van der Waals surface area contributed by atoms with Gasteiger partial charge in [-0.05, 0) is 18.2 Å². The molecule has 0 saturated carbocycles. The molecule has 0 aliphatic heterocycles. The fraction of sp³-hybridized carbons (Fsp3) is 0. The second kappa shape index (κ2) is 4.98. The molecule has 0 unspecified atom stereocenters. The van der Waals surface area contributed by atoms with Crippen LogP contribution in [0.4, 0.5) is 4.39 Å². The van der Waals surface area contributed by atoms with Gasteiger partial charge in [-0.1, -0.05) is 16.8 Å². The highest BCUT2D eigenvalue weighted by atomic mass is 35.5. The van der Waals surface area contributed by atoms with Crippen LogP contribution in [-0.4, -0.2) is 31.2 Å². The van der Waals surface area contributed by atoms with E-state index in [2.05, 4.69) is 20.1 Å². The van der Waals surface area contributed by atoms with Crippen LogP contribution in [0.5, 0.6) is 0 Å². The summed E-state index contributed by atoms with van der Waals surface area (Å²) in [4.78, 5) is 21.3. The van der Waals surface area contributed by atoms with E-state index in [1.165, 1.54) is 24.5 Å². The van der Waals surface area contributed by atoms with Crippen LogP contribution in [0.2, 0.25) is 5.02 Å². The summed E-state index contributed by atoms with van der Waals surface area (Å²) in [5.41, 5.74) is 0.296. The van der Waals surface area contributed by atoms with Crippen molar-refractivity contribution < 1.29 is 18.8 Å². The first-order valence-corrected chi connectivity index (χ1v) is 6.00. The van der Waals surface area contributed by atoms with Gasteiger partial charge in [0, 0.05) is 5.56 Å². The SMILES string of the molecule is O=C(O)c1nc[nH]c1-c1nc(-c2ccc(F)c(Cl)c2)no1. The van der Waals surface area contributed by atoms with Crippen LogP contribution in [0.1, 0.15) is 10.5 Å². The number of hydrogen-bond acceptors (Lipinski definition) is 5. The van der Waals surface area contributed by atoms with E-state index in [0.29, 0.717) is 5.56 Å². The van der Waals surface area contributed by atoms with Gasteiger partial charge < -0.3 is 14.6 Å². The molecule has 0 radical (unpaired) electrons. The molecule has 0 saturated heterocycles. The van der Waals surface area contributed by atoms with Gasteiger partial charge in [-0.2, -0.15) is 4.98 Å². The smallest absolute Gasteiger partial charge is 0.356 e. The molecule has 21 heavy (non-hydrogen) atoms. The molecule has 0 aliphatic rings. The summed E-state index contributed by atoms with van der Waals surface area (Å²) in [6.45, 7) is 0. The molecule has 2 N–H and O–H groups in total. The molecule has 106 valence electrons. The van der Waals surface area contributed by atoms with E-state index in [1.54, 1.807) is 0 Å². The van der Waals surface area contributed by atoms with E-state index in [-0.39, 0.29) is 28.1 Å². The van der Waals surface area contributed by atoms with E-state index in [4.69, 9.17) is 21.2 Å². The predicted octanol–water partition coefficient (Wildman–Crippen LogP) is 2.62. The molecular formula is C12H6ClFN4O3. The fourth-order valence-corrected chi connectivity index (χ4v) is 1.88. The third-order valence-corrected chi connectivity index (χ3v) is 2.95. The predicted molar refractivity (Wildman–Crippen MR) is 69.2 cm³/mol. The number of H-pyrrole nitrogens is 1. The number of aromatic amines is 1. The van der Waals surface area contributed by atoms with E-state index in [0.717, 1.165) is 0 Å². The van der Waals surface area contributed by atoms with Gasteiger partial charge in [0.1, 0.15) is 11.5 Å². The monoisotopic (exact) mass is 308 g/mol. The summed E-state index contributed by atoms with van der Waals surface area (Å²) >= 11 is 5.68. The van der Waals surface area contributed by atoms with Crippen LogP contribution in [0, 0.1) is 5.82 Å². The van der Waals surface area contributed by atoms with E-state index >= 15 is 0 Å². The normalized spacial score (nSPS) is 10.8. The fourth-order valence-electron chi connectivity index (χ4n) is 1.70. The van der Waals surface area contributed by atoms with Crippen LogP contribution < -0.4 is 0 Å². The van der Waals surface area contributed by atoms with Crippen LogP contribution in [-0.2, 0) is 0 Å². The van der Waals surface area contributed by atoms with Gasteiger partial charge in [-0.25, -0.2) is 14.2 Å². The second-order valence-electron chi connectivity index (χ2n) is 3.98. The topological polar surface area (TPSA) is 105 Å². The lowest BCUT2D eigenvalue weighted by Crippen LogP contribution is -1.99. The molecule has 1 aromatic carbocycles. The Bertz CT molecular complexity index is 830. The second-order valence-corrected chi connectivity index (χ2v) is 4.39. The number of nitrogens with zero attached hydrogens (tertiary/aromatic N) is 3. The molecule has 0 spiro atoms. The summed E-state index contributed by atoms with van der Waals surface area (Å²) in [6, 6.07) is 3.95. The highest BCUT2D eigenvalue weighted by Gasteiger charge is 2.20. The summed E-state index contributed by atoms with van der Waals surface area (Å²) in [5, 5.41) is 12.6. The Kier molecular flexibility index (Phi) is 3.15. The Hall–Kier alpha value is -2.74. The number of imidazole rings is 1. The van der Waals surface area contributed by atoms with Crippen LogP contribution in [0.25, 0.3) is 23.0 Å². The van der Waals surface area contributed by atoms with Gasteiger partial charge in [-0.3, -0.25) is 0 Å². The Labute approximate surface area is 121 Å². The average molecular weight is 309 g/mol. The number of halogens is 2. The maximum atomic E-state index is 13.1. The number of benzene rings is 1. The quantitative estimate of drug-likeness (QED) is 0.770. The molecule has 9 heteroatoms. The Morgan fingerprint density at radius 1 is 1.43 bits per heavy atom. The number of hydrogen-bond donors (Lipinski definition) is 2. The first kappa shape index (κ1) is 13.3. The van der Waals surface area contributed by atoms with Crippen molar-refractivity contribution in [1.82, 2.24) is 20.1 Å². The van der Waals surface area contributed by atoms with Crippen LogP contribution >= 0.6 is 11.6 Å². The van der Waals surface area contributed by atoms with Gasteiger partial charge in [0.2, 0.25) is 5.82 Å². The Morgan fingerprint density at radius 3 is 2.95 bits per heavy atom. The highest BCUT2D eigenvalue weighted by molar-refractivity contribution is 6.31. The molecule has 2 aromatic heterocycles. The lowest BCUT2D eigenvalue weighted by atomic mass is 10.2. The zero-order chi connectivity index (χ0) is 15.0. The largest absolute Gasteiger partial charge is 0.476 e. The number of carboxylic acids is 1. The molecule has 0 bridgehead atoms. The number of aromatic nitrogens is 4. The van der Waals surface area contributed by atoms with Gasteiger partial charge in [0.05, 0.1) is 11.3 Å². The molecule has 3 rings (SSSR count). The lowest BCUT2D eigenvalue weighted by molar-refractivity contribution is 0.0691. The molecule has 0 amide bonds. The Balaban J connectivity index is 2.01. The zero-order valence-electron chi connectivity index (χ0n) is 10.2. The first-order valence-electron chi connectivity index (χ1n) is 5.62. The summed E-state index contributed by atoms with van der Waals surface area (Å²) < 4.78 is 18.1. The van der Waals surface area contributed by atoms with Crippen molar-refractivity contribution in [2.75, 3.05) is 0 Å². The molecule has 3 aromatic rings. The van der Waals surface area contributed by atoms with Crippen molar-refractivity contribution in [3.8, 4) is 23.0 Å². The molecule has 7 nitrogen and oxygen atoms in total. The van der Waals surface area contributed by atoms with Crippen molar-refractivity contribution >= 4 is 17.6 Å². The van der Waals surface area contributed by atoms with Crippen molar-refractivity contribution in [3.05, 3.63) is 41.1 Å². The number of rotatable bonds is 3. The minimum absolute atomic E-state index is 0.0413. The maximum Gasteiger partial charge on any atom is 0.356 e. The lowest BCUT2D eigenvalue weighted by Gasteiger charge is -1.96. The van der Waals surface area contributed by atoms with Gasteiger partial charge in [-0.15, -0.1) is 0 Å². The maximum absolute atomic E-state index is 13.1. The van der Waals surface area contributed by atoms with Crippen molar-refractivity contribution in [3.63, 3.8) is 0 Å². The summed E-state index contributed by atoms with van der Waals surface area (Å²) in [6.07, 6.45) is 1.21. The molecule has 2 heterocycles. The molecular weight excluding hydrogens is 303 g/mol. The van der Waals surface area contributed by atoms with Gasteiger partial charge in [0.25, 0.3) is 5.89 Å². The minimum Gasteiger partial charge on any atom is -0.476 e. The first-order chi connectivity index (χ1) is 10.1. The van der Waals surface area contributed by atoms with Crippen LogP contribution in [0.3, 0.4) is 0 Å². The van der Waals surface area contributed by atoms with Crippen molar-refractivity contribution in [2.24, 2.45) is 0 Å². The third kappa shape index (κ3) is 2.36. The van der Waals surface area contributed by atoms with Crippen molar-refractivity contribution in [1.29, 1.82) is 0 Å². The highest BCUT2D eigenvalue weighted by Crippen LogP contribution is 2.25. The average Bonchev–Trinajstić information content (AvgIpc) is 3.09. The zero-order valence-corrected chi connectivity index (χ0v) is 10.9. The molecule has 0 aliphatic carbocycles. The van der Waals surface area contributed by atoms with Crippen molar-refractivity contribution in [2.45, 2.75) is 0 Å². The number of aromatic carboxylic acids is 1. The van der Waals surface area contributed by atoms with E-state index < -0.39 is 11.8 Å². The van der Waals surface area contributed by atoms with E-state index in [9.17, 15) is 9.18 Å². The number of carbonyl (C=O) groups is 1. The van der Waals surface area contributed by atoms with Crippen LogP contribution in [0.15, 0.2) is 29.0 Å². The van der Waals surface area contributed by atoms with Gasteiger partial charge >= 0.3 is 5.97 Å². The molecule has 0 fully saturated rings. The number of carboxylic acid groups (broad SMARTS) is 1. The summed E-state index contributed by atoms with van der Waals surface area (Å²) in [5.74, 6) is -1.68. The number of nitrogens with one attached hydrogen (secondary N) is 1. The van der Waals surface area contributed by atoms with E-state index in [1.807, 2.05) is 0 Å². The van der Waals surface area contributed by atoms with Gasteiger partial charge in [0.15, 0.2) is 5.69 Å². The summed E-state index contributed by atoms with van der Waals surface area (Å²) in [7, 11) is 0. The molecule has 0 atom stereocenters. The third-order valence-electron chi connectivity index (χ3n) is 2.66. The standard InChI is InChI=1S/C12H6ClFN4O3/c13-6-3-5(1-2-7(6)14)10-17-11(21-18-10)8-9(12(19)20)16-4-15-8/h1-4H,(H,15,16)(H,19,20). The Morgan fingerprint density at radius 2 is 2.24 bits per heavy atom. The minimum atomic E-state index is -1.23.